The maximum Gasteiger partial charge on any atom is 0.256 e. The molecule has 3 rings (SSSR count). The fraction of sp³-hybridized carbons (Fsp3) is 0.294. The van der Waals surface area contributed by atoms with Crippen molar-refractivity contribution in [2.45, 2.75) is 18.9 Å². The van der Waals surface area contributed by atoms with Gasteiger partial charge in [0.2, 0.25) is 0 Å². The van der Waals surface area contributed by atoms with E-state index < -0.39 is 0 Å². The fourth-order valence-electron chi connectivity index (χ4n) is 2.38. The van der Waals surface area contributed by atoms with Crippen LogP contribution in [-0.2, 0) is 0 Å². The minimum atomic E-state index is -0.221. The van der Waals surface area contributed by atoms with E-state index in [-0.39, 0.29) is 17.9 Å². The minimum absolute atomic E-state index is 0.00603. The molecule has 2 aromatic rings. The monoisotopic (exact) mass is 329 g/mol. The number of carbonyl (C=O) groups excluding carboxylic acids is 2. The molecule has 1 atom stereocenters. The summed E-state index contributed by atoms with van der Waals surface area (Å²) in [5, 5.41) is 9.26. The van der Waals surface area contributed by atoms with Crippen molar-refractivity contribution in [2.24, 2.45) is 11.7 Å². The zero-order valence-corrected chi connectivity index (χ0v) is 13.4. The Hall–Kier alpha value is -2.18. The first-order valence-corrected chi connectivity index (χ1v) is 8.56. The van der Waals surface area contributed by atoms with Crippen molar-refractivity contribution in [1.82, 2.24) is 5.32 Å². The summed E-state index contributed by atoms with van der Waals surface area (Å²) in [4.78, 5) is 24.5. The summed E-state index contributed by atoms with van der Waals surface area (Å²) in [7, 11) is 0. The Bertz CT molecular complexity index is 696. The molecule has 1 saturated carbocycles. The molecule has 0 aliphatic heterocycles. The van der Waals surface area contributed by atoms with Gasteiger partial charge >= 0.3 is 0 Å². The van der Waals surface area contributed by atoms with Gasteiger partial charge in [0.25, 0.3) is 11.8 Å². The molecule has 1 aliphatic carbocycles. The SMILES string of the molecule is NC(CNC(=O)c1ccccc1NC(=O)c1ccsc1)C1CC1. The van der Waals surface area contributed by atoms with Gasteiger partial charge in [0, 0.05) is 18.0 Å². The van der Waals surface area contributed by atoms with E-state index in [4.69, 9.17) is 5.73 Å². The number of carbonyl (C=O) groups is 2. The second-order valence-corrected chi connectivity index (χ2v) is 6.50. The molecule has 1 aliphatic rings. The first kappa shape index (κ1) is 15.7. The second kappa shape index (κ2) is 6.93. The molecule has 0 spiro atoms. The smallest absolute Gasteiger partial charge is 0.256 e. The van der Waals surface area contributed by atoms with Crippen LogP contribution in [0.5, 0.6) is 0 Å². The molecule has 5 nitrogen and oxygen atoms in total. The molecule has 6 heteroatoms. The van der Waals surface area contributed by atoms with Gasteiger partial charge in [-0.15, -0.1) is 0 Å². The van der Waals surface area contributed by atoms with Crippen molar-refractivity contribution >= 4 is 28.8 Å². The van der Waals surface area contributed by atoms with E-state index in [1.54, 1.807) is 35.7 Å². The molecule has 0 saturated heterocycles. The summed E-state index contributed by atoms with van der Waals surface area (Å²) in [6.07, 6.45) is 2.29. The lowest BCUT2D eigenvalue weighted by Gasteiger charge is -2.14. The van der Waals surface area contributed by atoms with Gasteiger partial charge < -0.3 is 16.4 Å². The highest BCUT2D eigenvalue weighted by molar-refractivity contribution is 7.08. The normalized spacial score (nSPS) is 15.0. The molecule has 1 fully saturated rings. The highest BCUT2D eigenvalue weighted by Gasteiger charge is 2.28. The zero-order chi connectivity index (χ0) is 16.2. The lowest BCUT2D eigenvalue weighted by atomic mass is 10.1. The molecular weight excluding hydrogens is 310 g/mol. The van der Waals surface area contributed by atoms with Crippen molar-refractivity contribution in [3.63, 3.8) is 0 Å². The van der Waals surface area contributed by atoms with Gasteiger partial charge in [0.1, 0.15) is 0 Å². The number of hydrogen-bond acceptors (Lipinski definition) is 4. The van der Waals surface area contributed by atoms with E-state index >= 15 is 0 Å². The van der Waals surface area contributed by atoms with Crippen LogP contribution >= 0.6 is 11.3 Å². The summed E-state index contributed by atoms with van der Waals surface area (Å²) in [5.41, 5.74) is 7.53. The van der Waals surface area contributed by atoms with Crippen molar-refractivity contribution < 1.29 is 9.59 Å². The predicted octanol–water partition coefficient (Wildman–Crippen LogP) is 2.47. The Morgan fingerprint density at radius 2 is 2.00 bits per heavy atom. The Labute approximate surface area is 138 Å². The fourth-order valence-corrected chi connectivity index (χ4v) is 3.01. The number of nitrogens with two attached hydrogens (primary N) is 1. The van der Waals surface area contributed by atoms with E-state index in [0.717, 1.165) is 12.8 Å². The maximum atomic E-state index is 12.4. The third-order valence-electron chi connectivity index (χ3n) is 3.93. The standard InChI is InChI=1S/C17H19N3O2S/c18-14(11-5-6-11)9-19-17(22)13-3-1-2-4-15(13)20-16(21)12-7-8-23-10-12/h1-4,7-8,10-11,14H,5-6,9,18H2,(H,19,22)(H,20,21). The minimum Gasteiger partial charge on any atom is -0.350 e. The van der Waals surface area contributed by atoms with Gasteiger partial charge in [-0.25, -0.2) is 0 Å². The van der Waals surface area contributed by atoms with Crippen LogP contribution in [0.15, 0.2) is 41.1 Å². The molecular formula is C17H19N3O2S. The quantitative estimate of drug-likeness (QED) is 0.761. The molecule has 2 amide bonds. The summed E-state index contributed by atoms with van der Waals surface area (Å²) in [6.45, 7) is 0.455. The molecule has 0 bridgehead atoms. The lowest BCUT2D eigenvalue weighted by Crippen LogP contribution is -2.38. The highest BCUT2D eigenvalue weighted by Crippen LogP contribution is 2.31. The van der Waals surface area contributed by atoms with E-state index in [1.165, 1.54) is 11.3 Å². The Kier molecular flexibility index (Phi) is 4.73. The third kappa shape index (κ3) is 3.97. The van der Waals surface area contributed by atoms with Crippen molar-refractivity contribution in [1.29, 1.82) is 0 Å². The lowest BCUT2D eigenvalue weighted by molar-refractivity contribution is 0.0951. The van der Waals surface area contributed by atoms with Gasteiger partial charge in [-0.05, 0) is 42.3 Å². The number of thiophene rings is 1. The van der Waals surface area contributed by atoms with E-state index in [1.807, 2.05) is 5.38 Å². The largest absolute Gasteiger partial charge is 0.350 e. The first-order valence-electron chi connectivity index (χ1n) is 7.61. The maximum absolute atomic E-state index is 12.4. The summed E-state index contributed by atoms with van der Waals surface area (Å²) < 4.78 is 0. The Morgan fingerprint density at radius 3 is 2.70 bits per heavy atom. The van der Waals surface area contributed by atoms with Crippen molar-refractivity contribution in [3.8, 4) is 0 Å². The molecule has 1 aromatic carbocycles. The Morgan fingerprint density at radius 1 is 1.22 bits per heavy atom. The average molecular weight is 329 g/mol. The molecule has 4 N–H and O–H groups in total. The number of nitrogens with one attached hydrogen (secondary N) is 2. The number of amides is 2. The predicted molar refractivity (Wildman–Crippen MR) is 91.7 cm³/mol. The number of para-hydroxylation sites is 1. The topological polar surface area (TPSA) is 84.2 Å². The third-order valence-corrected chi connectivity index (χ3v) is 4.61. The van der Waals surface area contributed by atoms with Crippen molar-refractivity contribution in [2.75, 3.05) is 11.9 Å². The van der Waals surface area contributed by atoms with Crippen LogP contribution in [0, 0.1) is 5.92 Å². The van der Waals surface area contributed by atoms with E-state index in [2.05, 4.69) is 10.6 Å². The van der Waals surface area contributed by atoms with Crippen LogP contribution in [-0.4, -0.2) is 24.4 Å². The first-order chi connectivity index (χ1) is 11.1. The van der Waals surface area contributed by atoms with Crippen LogP contribution in [0.2, 0.25) is 0 Å². The van der Waals surface area contributed by atoms with Crippen LogP contribution < -0.4 is 16.4 Å². The van der Waals surface area contributed by atoms with Crippen LogP contribution in [0.4, 0.5) is 5.69 Å². The van der Waals surface area contributed by atoms with E-state index in [9.17, 15) is 9.59 Å². The van der Waals surface area contributed by atoms with Crippen LogP contribution in [0.3, 0.4) is 0 Å². The molecule has 0 radical (unpaired) electrons. The van der Waals surface area contributed by atoms with Gasteiger partial charge in [-0.2, -0.15) is 11.3 Å². The molecule has 1 unspecified atom stereocenters. The van der Waals surface area contributed by atoms with Crippen LogP contribution in [0.1, 0.15) is 33.6 Å². The zero-order valence-electron chi connectivity index (χ0n) is 12.6. The molecule has 1 aromatic heterocycles. The van der Waals surface area contributed by atoms with Gasteiger partial charge in [0.05, 0.1) is 16.8 Å². The molecule has 23 heavy (non-hydrogen) atoms. The summed E-state index contributed by atoms with van der Waals surface area (Å²) in [6, 6.07) is 8.73. The van der Waals surface area contributed by atoms with Gasteiger partial charge in [0.15, 0.2) is 0 Å². The summed E-state index contributed by atoms with van der Waals surface area (Å²) >= 11 is 1.45. The highest BCUT2D eigenvalue weighted by atomic mass is 32.1. The van der Waals surface area contributed by atoms with Crippen LogP contribution in [0.25, 0.3) is 0 Å². The van der Waals surface area contributed by atoms with Crippen molar-refractivity contribution in [3.05, 3.63) is 52.2 Å². The van der Waals surface area contributed by atoms with Gasteiger partial charge in [-0.3, -0.25) is 9.59 Å². The number of benzene rings is 1. The average Bonchev–Trinajstić information content (AvgIpc) is 3.27. The molecule has 120 valence electrons. The second-order valence-electron chi connectivity index (χ2n) is 5.72. The molecule has 1 heterocycles. The number of rotatable bonds is 6. The summed E-state index contributed by atoms with van der Waals surface area (Å²) in [5.74, 6) is 0.0901. The van der Waals surface area contributed by atoms with E-state index in [0.29, 0.717) is 29.3 Å². The number of hydrogen-bond donors (Lipinski definition) is 3. The number of anilines is 1. The van der Waals surface area contributed by atoms with Gasteiger partial charge in [-0.1, -0.05) is 12.1 Å². The Balaban J connectivity index is 1.67.